The maximum atomic E-state index is 11.7. The summed E-state index contributed by atoms with van der Waals surface area (Å²) in [6.07, 6.45) is 0.494. The van der Waals surface area contributed by atoms with E-state index in [4.69, 9.17) is 4.74 Å². The number of rotatable bonds is 3. The van der Waals surface area contributed by atoms with Crippen LogP contribution in [0.1, 0.15) is 20.3 Å². The molecule has 1 saturated heterocycles. The zero-order chi connectivity index (χ0) is 10.6. The highest BCUT2D eigenvalue weighted by Gasteiger charge is 2.27. The largest absolute Gasteiger partial charge is 0.384 e. The molecule has 0 saturated carbocycles. The number of hydrogen-bond donors (Lipinski definition) is 1. The van der Waals surface area contributed by atoms with Crippen LogP contribution in [0.15, 0.2) is 0 Å². The Morgan fingerprint density at radius 1 is 1.53 bits per heavy atom. The molecule has 2 atom stereocenters. The third-order valence-corrected chi connectivity index (χ3v) is 2.87. The molecule has 2 unspecified atom stereocenters. The Hall–Kier alpha value is -0.320. The number of hydrogen-bond acceptors (Lipinski definition) is 3. The molecule has 5 heteroatoms. The summed E-state index contributed by atoms with van der Waals surface area (Å²) in [6.45, 7) is 6.42. The second-order valence-electron chi connectivity index (χ2n) is 3.81. The minimum atomic E-state index is 0. The fourth-order valence-electron chi connectivity index (χ4n) is 1.74. The number of halogens is 1. The van der Waals surface area contributed by atoms with Crippen molar-refractivity contribution in [1.82, 2.24) is 10.2 Å². The molecule has 0 radical (unpaired) electrons. The third-order valence-electron chi connectivity index (χ3n) is 2.87. The summed E-state index contributed by atoms with van der Waals surface area (Å²) in [6, 6.07) is 0.670. The molecule has 1 aliphatic rings. The second kappa shape index (κ2) is 7.04. The fourth-order valence-corrected chi connectivity index (χ4v) is 1.74. The van der Waals surface area contributed by atoms with E-state index in [1.165, 1.54) is 0 Å². The Labute approximate surface area is 97.8 Å². The van der Waals surface area contributed by atoms with Crippen LogP contribution >= 0.6 is 12.4 Å². The van der Waals surface area contributed by atoms with E-state index in [0.717, 1.165) is 13.1 Å². The van der Waals surface area contributed by atoms with Crippen LogP contribution in [-0.2, 0) is 9.53 Å². The molecule has 1 rings (SSSR count). The SMILES string of the molecule is COCCC(=O)N1CCNC(C)C1C.Cl. The van der Waals surface area contributed by atoms with E-state index in [0.29, 0.717) is 19.1 Å². The Bertz CT molecular complexity index is 202. The summed E-state index contributed by atoms with van der Waals surface area (Å²) in [4.78, 5) is 13.7. The van der Waals surface area contributed by atoms with Crippen molar-refractivity contribution in [1.29, 1.82) is 0 Å². The summed E-state index contributed by atoms with van der Waals surface area (Å²) in [5, 5.41) is 3.35. The quantitative estimate of drug-likeness (QED) is 0.783. The summed E-state index contributed by atoms with van der Waals surface area (Å²) in [5.41, 5.74) is 0. The van der Waals surface area contributed by atoms with E-state index < -0.39 is 0 Å². The van der Waals surface area contributed by atoms with Crippen LogP contribution in [0.5, 0.6) is 0 Å². The molecule has 1 aliphatic heterocycles. The first-order valence-corrected chi connectivity index (χ1v) is 5.18. The molecule has 0 aromatic carbocycles. The summed E-state index contributed by atoms with van der Waals surface area (Å²) >= 11 is 0. The van der Waals surface area contributed by atoms with Gasteiger partial charge in [-0.15, -0.1) is 12.4 Å². The topological polar surface area (TPSA) is 41.6 Å². The fraction of sp³-hybridized carbons (Fsp3) is 0.900. The standard InChI is InChI=1S/C10H20N2O2.ClH/c1-8-9(2)12(6-5-11-8)10(13)4-7-14-3;/h8-9,11H,4-7H2,1-3H3;1H. The Balaban J connectivity index is 0.00000196. The van der Waals surface area contributed by atoms with Crippen LogP contribution in [0, 0.1) is 0 Å². The number of methoxy groups -OCH3 is 1. The molecule has 1 amide bonds. The number of amides is 1. The van der Waals surface area contributed by atoms with E-state index in [-0.39, 0.29) is 24.4 Å². The molecule has 0 bridgehead atoms. The van der Waals surface area contributed by atoms with Crippen LogP contribution < -0.4 is 5.32 Å². The molecular formula is C10H21ClN2O2. The zero-order valence-corrected chi connectivity index (χ0v) is 10.5. The molecule has 0 aromatic rings. The Morgan fingerprint density at radius 3 is 2.80 bits per heavy atom. The summed E-state index contributed by atoms with van der Waals surface area (Å²) < 4.78 is 4.90. The zero-order valence-electron chi connectivity index (χ0n) is 9.66. The van der Waals surface area contributed by atoms with Crippen molar-refractivity contribution in [3.8, 4) is 0 Å². The van der Waals surface area contributed by atoms with Gasteiger partial charge < -0.3 is 15.0 Å². The highest BCUT2D eigenvalue weighted by atomic mass is 35.5. The van der Waals surface area contributed by atoms with Gasteiger partial charge in [0.2, 0.25) is 5.91 Å². The van der Waals surface area contributed by atoms with E-state index in [1.54, 1.807) is 7.11 Å². The smallest absolute Gasteiger partial charge is 0.225 e. The molecule has 15 heavy (non-hydrogen) atoms. The van der Waals surface area contributed by atoms with Gasteiger partial charge in [-0.3, -0.25) is 4.79 Å². The van der Waals surface area contributed by atoms with Crippen molar-refractivity contribution >= 4 is 18.3 Å². The summed E-state index contributed by atoms with van der Waals surface area (Å²) in [5.74, 6) is 0.202. The van der Waals surface area contributed by atoms with Crippen molar-refractivity contribution in [3.05, 3.63) is 0 Å². The van der Waals surface area contributed by atoms with Crippen molar-refractivity contribution in [2.75, 3.05) is 26.8 Å². The van der Waals surface area contributed by atoms with Gasteiger partial charge in [0.05, 0.1) is 13.0 Å². The second-order valence-corrected chi connectivity index (χ2v) is 3.81. The lowest BCUT2D eigenvalue weighted by molar-refractivity contribution is -0.135. The average Bonchev–Trinajstić information content (AvgIpc) is 2.18. The average molecular weight is 237 g/mol. The number of nitrogens with zero attached hydrogens (tertiary/aromatic N) is 1. The van der Waals surface area contributed by atoms with Gasteiger partial charge in [0, 0.05) is 32.3 Å². The molecule has 1 fully saturated rings. The highest BCUT2D eigenvalue weighted by Crippen LogP contribution is 2.10. The summed E-state index contributed by atoms with van der Waals surface area (Å²) in [7, 11) is 1.62. The normalized spacial score (nSPS) is 25.9. The lowest BCUT2D eigenvalue weighted by atomic mass is 10.1. The van der Waals surface area contributed by atoms with E-state index in [9.17, 15) is 4.79 Å². The minimum Gasteiger partial charge on any atom is -0.384 e. The highest BCUT2D eigenvalue weighted by molar-refractivity contribution is 5.85. The maximum Gasteiger partial charge on any atom is 0.225 e. The minimum absolute atomic E-state index is 0. The molecule has 1 N–H and O–H groups in total. The molecular weight excluding hydrogens is 216 g/mol. The number of ether oxygens (including phenoxy) is 1. The van der Waals surface area contributed by atoms with E-state index in [1.807, 2.05) is 4.90 Å². The number of carbonyl (C=O) groups is 1. The van der Waals surface area contributed by atoms with Crippen LogP contribution in [0.3, 0.4) is 0 Å². The molecule has 90 valence electrons. The lowest BCUT2D eigenvalue weighted by Crippen LogP contribution is -2.57. The van der Waals surface area contributed by atoms with Gasteiger partial charge in [0.1, 0.15) is 0 Å². The molecule has 4 nitrogen and oxygen atoms in total. The van der Waals surface area contributed by atoms with E-state index >= 15 is 0 Å². The van der Waals surface area contributed by atoms with Crippen LogP contribution in [0.25, 0.3) is 0 Å². The molecule has 0 aliphatic carbocycles. The monoisotopic (exact) mass is 236 g/mol. The Kier molecular flexibility index (Phi) is 6.89. The maximum absolute atomic E-state index is 11.7. The first kappa shape index (κ1) is 14.7. The van der Waals surface area contributed by atoms with Gasteiger partial charge in [-0.2, -0.15) is 0 Å². The van der Waals surface area contributed by atoms with Gasteiger partial charge in [-0.05, 0) is 13.8 Å². The lowest BCUT2D eigenvalue weighted by Gasteiger charge is -2.38. The van der Waals surface area contributed by atoms with Gasteiger partial charge in [-0.1, -0.05) is 0 Å². The van der Waals surface area contributed by atoms with Crippen LogP contribution in [0.4, 0.5) is 0 Å². The van der Waals surface area contributed by atoms with Gasteiger partial charge in [0.15, 0.2) is 0 Å². The van der Waals surface area contributed by atoms with Gasteiger partial charge in [0.25, 0.3) is 0 Å². The number of nitrogens with one attached hydrogen (secondary N) is 1. The predicted molar refractivity (Wildman–Crippen MR) is 62.4 cm³/mol. The Morgan fingerprint density at radius 2 is 2.20 bits per heavy atom. The van der Waals surface area contributed by atoms with Crippen molar-refractivity contribution < 1.29 is 9.53 Å². The first-order valence-electron chi connectivity index (χ1n) is 5.18. The van der Waals surface area contributed by atoms with Crippen molar-refractivity contribution in [2.24, 2.45) is 0 Å². The van der Waals surface area contributed by atoms with Gasteiger partial charge in [-0.25, -0.2) is 0 Å². The van der Waals surface area contributed by atoms with Crippen molar-refractivity contribution in [2.45, 2.75) is 32.4 Å². The first-order chi connectivity index (χ1) is 6.66. The molecule has 0 aromatic heterocycles. The molecule has 1 heterocycles. The van der Waals surface area contributed by atoms with Crippen LogP contribution in [0.2, 0.25) is 0 Å². The molecule has 0 spiro atoms. The van der Waals surface area contributed by atoms with Crippen LogP contribution in [-0.4, -0.2) is 49.7 Å². The number of carbonyl (C=O) groups excluding carboxylic acids is 1. The van der Waals surface area contributed by atoms with E-state index in [2.05, 4.69) is 19.2 Å². The van der Waals surface area contributed by atoms with Crippen molar-refractivity contribution in [3.63, 3.8) is 0 Å². The number of piperazine rings is 1. The predicted octanol–water partition coefficient (Wildman–Crippen LogP) is 0.654. The third kappa shape index (κ3) is 3.97. The van der Waals surface area contributed by atoms with Gasteiger partial charge >= 0.3 is 0 Å².